The summed E-state index contributed by atoms with van der Waals surface area (Å²) in [6, 6.07) is 0. The third-order valence-electron chi connectivity index (χ3n) is 4.07. The Hall–Kier alpha value is -0.870. The summed E-state index contributed by atoms with van der Waals surface area (Å²) < 4.78 is 10.7. The zero-order valence-corrected chi connectivity index (χ0v) is 16.5. The second-order valence-electron chi connectivity index (χ2n) is 6.64. The number of unbranched alkanes of at least 4 members (excludes halogenated alkanes) is 8. The minimum Gasteiger partial charge on any atom is -0.457 e. The van der Waals surface area contributed by atoms with Gasteiger partial charge in [-0.1, -0.05) is 64.5 Å². The monoisotopic (exact) mass is 356 g/mol. The Kier molecular flexibility index (Phi) is 18.8. The quantitative estimate of drug-likeness (QED) is 0.209. The van der Waals surface area contributed by atoms with Gasteiger partial charge in [-0.3, -0.25) is 4.79 Å². The van der Waals surface area contributed by atoms with Gasteiger partial charge in [0.25, 0.3) is 0 Å². The molecule has 0 aromatic rings. The number of esters is 1. The highest BCUT2D eigenvalue weighted by molar-refractivity contribution is 5.69. The summed E-state index contributed by atoms with van der Waals surface area (Å²) >= 11 is 0. The molecule has 4 heteroatoms. The van der Waals surface area contributed by atoms with Crippen LogP contribution in [0.25, 0.3) is 0 Å². The number of aliphatic hydroxyl groups excluding tert-OH is 1. The molecule has 0 aliphatic rings. The molecule has 148 valence electrons. The van der Waals surface area contributed by atoms with Crippen molar-refractivity contribution in [1.82, 2.24) is 0 Å². The molecule has 25 heavy (non-hydrogen) atoms. The number of ether oxygens (including phenoxy) is 2. The molecular weight excluding hydrogens is 316 g/mol. The Balaban J connectivity index is 3.39. The van der Waals surface area contributed by atoms with E-state index in [-0.39, 0.29) is 12.6 Å². The molecule has 0 fully saturated rings. The smallest absolute Gasteiger partial charge is 0.306 e. The number of aliphatic hydroxyl groups is 1. The van der Waals surface area contributed by atoms with Crippen LogP contribution in [0.5, 0.6) is 0 Å². The maximum atomic E-state index is 11.5. The summed E-state index contributed by atoms with van der Waals surface area (Å²) in [4.78, 5) is 11.5. The molecule has 0 spiro atoms. The van der Waals surface area contributed by atoms with Crippen molar-refractivity contribution in [2.24, 2.45) is 0 Å². The average molecular weight is 357 g/mol. The van der Waals surface area contributed by atoms with Crippen molar-refractivity contribution in [2.75, 3.05) is 19.8 Å². The molecule has 0 amide bonds. The second kappa shape index (κ2) is 19.5. The first-order valence-corrected chi connectivity index (χ1v) is 10.3. The Morgan fingerprint density at radius 1 is 0.920 bits per heavy atom. The van der Waals surface area contributed by atoms with Crippen molar-refractivity contribution < 1.29 is 19.4 Å². The Bertz CT molecular complexity index is 315. The first kappa shape index (κ1) is 24.1. The van der Waals surface area contributed by atoms with Gasteiger partial charge >= 0.3 is 5.97 Å². The van der Waals surface area contributed by atoms with Crippen LogP contribution in [0.2, 0.25) is 0 Å². The zero-order chi connectivity index (χ0) is 18.6. The summed E-state index contributed by atoms with van der Waals surface area (Å²) in [7, 11) is 0. The lowest BCUT2D eigenvalue weighted by Gasteiger charge is -2.15. The predicted molar refractivity (Wildman–Crippen MR) is 104 cm³/mol. The van der Waals surface area contributed by atoms with E-state index < -0.39 is 6.10 Å². The van der Waals surface area contributed by atoms with Crippen molar-refractivity contribution in [3.63, 3.8) is 0 Å². The van der Waals surface area contributed by atoms with Crippen LogP contribution in [0, 0.1) is 0 Å². The number of carbonyl (C=O) groups is 1. The lowest BCUT2D eigenvalue weighted by molar-refractivity contribution is -0.154. The normalized spacial score (nSPS) is 12.6. The van der Waals surface area contributed by atoms with Crippen LogP contribution >= 0.6 is 0 Å². The molecule has 4 nitrogen and oxygen atoms in total. The number of hydrogen-bond acceptors (Lipinski definition) is 4. The maximum absolute atomic E-state index is 11.5. The SMILES string of the molecule is CCC/C=C\CCCCCCCCOCC(CO)OC(=O)CCCC. The number of carbonyl (C=O) groups excluding carboxylic acids is 1. The molecule has 0 saturated carbocycles. The summed E-state index contributed by atoms with van der Waals surface area (Å²) in [6.07, 6.45) is 17.3. The number of hydrogen-bond donors (Lipinski definition) is 1. The van der Waals surface area contributed by atoms with Crippen LogP contribution in [0.4, 0.5) is 0 Å². The highest BCUT2D eigenvalue weighted by Crippen LogP contribution is 2.08. The van der Waals surface area contributed by atoms with Gasteiger partial charge in [0.1, 0.15) is 6.10 Å². The molecule has 0 bridgehead atoms. The lowest BCUT2D eigenvalue weighted by Crippen LogP contribution is -2.27. The molecule has 0 rings (SSSR count). The summed E-state index contributed by atoms with van der Waals surface area (Å²) in [5.74, 6) is -0.242. The van der Waals surface area contributed by atoms with Crippen molar-refractivity contribution in [2.45, 2.75) is 97.0 Å². The van der Waals surface area contributed by atoms with Gasteiger partial charge in [-0.25, -0.2) is 0 Å². The van der Waals surface area contributed by atoms with Crippen molar-refractivity contribution in [1.29, 1.82) is 0 Å². The second-order valence-corrected chi connectivity index (χ2v) is 6.64. The van der Waals surface area contributed by atoms with E-state index in [1.165, 1.54) is 51.4 Å². The predicted octanol–water partition coefficient (Wildman–Crippen LogP) is 5.18. The standard InChI is InChI=1S/C21H40O4/c1-3-5-7-8-9-10-11-12-13-14-15-17-24-19-20(18-22)25-21(23)16-6-4-2/h7-8,20,22H,3-6,9-19H2,1-2H3/b8-7-. The first-order valence-electron chi connectivity index (χ1n) is 10.3. The van der Waals surface area contributed by atoms with E-state index in [0.717, 1.165) is 19.3 Å². The Morgan fingerprint density at radius 3 is 2.28 bits per heavy atom. The molecule has 1 N–H and O–H groups in total. The summed E-state index contributed by atoms with van der Waals surface area (Å²) in [5, 5.41) is 9.23. The van der Waals surface area contributed by atoms with E-state index in [1.54, 1.807) is 0 Å². The average Bonchev–Trinajstić information content (AvgIpc) is 2.62. The highest BCUT2D eigenvalue weighted by Gasteiger charge is 2.13. The van der Waals surface area contributed by atoms with Gasteiger partial charge in [0, 0.05) is 13.0 Å². The summed E-state index contributed by atoms with van der Waals surface area (Å²) in [5.41, 5.74) is 0. The van der Waals surface area contributed by atoms with Crippen LogP contribution in [-0.4, -0.2) is 37.0 Å². The van der Waals surface area contributed by atoms with Gasteiger partial charge < -0.3 is 14.6 Å². The minimum absolute atomic E-state index is 0.176. The molecule has 0 aromatic carbocycles. The Labute approximate surface area is 155 Å². The van der Waals surface area contributed by atoms with E-state index in [0.29, 0.717) is 19.6 Å². The maximum Gasteiger partial charge on any atom is 0.306 e. The first-order chi connectivity index (χ1) is 12.2. The third kappa shape index (κ3) is 17.7. The van der Waals surface area contributed by atoms with Gasteiger partial charge in [-0.05, 0) is 32.1 Å². The van der Waals surface area contributed by atoms with Crippen LogP contribution < -0.4 is 0 Å². The van der Waals surface area contributed by atoms with E-state index >= 15 is 0 Å². The molecule has 1 unspecified atom stereocenters. The fourth-order valence-corrected chi connectivity index (χ4v) is 2.48. The number of allylic oxidation sites excluding steroid dienone is 2. The van der Waals surface area contributed by atoms with E-state index in [4.69, 9.17) is 9.47 Å². The van der Waals surface area contributed by atoms with Gasteiger partial charge in [0.05, 0.1) is 13.2 Å². The van der Waals surface area contributed by atoms with Gasteiger partial charge in [-0.2, -0.15) is 0 Å². The van der Waals surface area contributed by atoms with Crippen molar-refractivity contribution in [3.8, 4) is 0 Å². The molecule has 1 atom stereocenters. The third-order valence-corrected chi connectivity index (χ3v) is 4.07. The van der Waals surface area contributed by atoms with Gasteiger partial charge in [-0.15, -0.1) is 0 Å². The van der Waals surface area contributed by atoms with Crippen LogP contribution in [0.3, 0.4) is 0 Å². The molecule has 0 aliphatic heterocycles. The van der Waals surface area contributed by atoms with Crippen molar-refractivity contribution in [3.05, 3.63) is 12.2 Å². The molecule has 0 saturated heterocycles. The van der Waals surface area contributed by atoms with Gasteiger partial charge in [0.2, 0.25) is 0 Å². The molecule has 0 aliphatic carbocycles. The summed E-state index contributed by atoms with van der Waals surface area (Å²) in [6.45, 7) is 5.02. The topological polar surface area (TPSA) is 55.8 Å². The largest absolute Gasteiger partial charge is 0.457 e. The Morgan fingerprint density at radius 2 is 1.60 bits per heavy atom. The number of rotatable bonds is 18. The van der Waals surface area contributed by atoms with Crippen molar-refractivity contribution >= 4 is 5.97 Å². The van der Waals surface area contributed by atoms with Gasteiger partial charge in [0.15, 0.2) is 0 Å². The zero-order valence-electron chi connectivity index (χ0n) is 16.5. The highest BCUT2D eigenvalue weighted by atomic mass is 16.6. The lowest BCUT2D eigenvalue weighted by atomic mass is 10.1. The molecule has 0 aromatic heterocycles. The molecular formula is C21H40O4. The van der Waals surface area contributed by atoms with E-state index in [1.807, 2.05) is 6.92 Å². The fraction of sp³-hybridized carbons (Fsp3) is 0.857. The van der Waals surface area contributed by atoms with E-state index in [2.05, 4.69) is 19.1 Å². The molecule has 0 heterocycles. The van der Waals surface area contributed by atoms with Crippen LogP contribution in [0.15, 0.2) is 12.2 Å². The molecule has 0 radical (unpaired) electrons. The minimum atomic E-state index is -0.523. The van der Waals surface area contributed by atoms with Crippen LogP contribution in [0.1, 0.15) is 90.9 Å². The van der Waals surface area contributed by atoms with Crippen LogP contribution in [-0.2, 0) is 14.3 Å². The fourth-order valence-electron chi connectivity index (χ4n) is 2.48. The van der Waals surface area contributed by atoms with E-state index in [9.17, 15) is 9.90 Å².